The molecule has 2 rings (SSSR count). The number of benzene rings is 1. The van der Waals surface area contributed by atoms with Crippen LogP contribution >= 0.6 is 0 Å². The lowest BCUT2D eigenvalue weighted by molar-refractivity contribution is 0.0696. The van der Waals surface area contributed by atoms with Crippen molar-refractivity contribution in [3.05, 3.63) is 53.5 Å². The summed E-state index contributed by atoms with van der Waals surface area (Å²) < 4.78 is 29.1. The number of carbonyl (C=O) groups is 1. The Bertz CT molecular complexity index is 695. The first-order valence-corrected chi connectivity index (χ1v) is 7.14. The van der Waals surface area contributed by atoms with Gasteiger partial charge in [-0.1, -0.05) is 17.7 Å². The second kappa shape index (κ2) is 4.89. The van der Waals surface area contributed by atoms with Crippen LogP contribution in [0.4, 0.5) is 0 Å². The van der Waals surface area contributed by atoms with Crippen LogP contribution in [0.25, 0.3) is 0 Å². The molecule has 0 unspecified atom stereocenters. The van der Waals surface area contributed by atoms with E-state index >= 15 is 0 Å². The SMILES string of the molecule is Cc1ccc(S(=O)(=O)Cc2cc(C(=O)O)co2)cc1. The van der Waals surface area contributed by atoms with Crippen molar-refractivity contribution in [2.75, 3.05) is 0 Å². The molecule has 1 N–H and O–H groups in total. The van der Waals surface area contributed by atoms with Crippen LogP contribution in [-0.2, 0) is 15.6 Å². The Hall–Kier alpha value is -2.08. The topological polar surface area (TPSA) is 84.6 Å². The molecule has 100 valence electrons. The molecule has 0 fully saturated rings. The third kappa shape index (κ3) is 3.03. The van der Waals surface area contributed by atoms with Gasteiger partial charge in [-0.2, -0.15) is 0 Å². The van der Waals surface area contributed by atoms with Gasteiger partial charge in [0.2, 0.25) is 0 Å². The standard InChI is InChI=1S/C13H12O5S/c1-9-2-4-12(5-3-9)19(16,17)8-11-6-10(7-18-11)13(14)15/h2-7H,8H2,1H3,(H,14,15). The van der Waals surface area contributed by atoms with Crippen molar-refractivity contribution >= 4 is 15.8 Å². The van der Waals surface area contributed by atoms with Gasteiger partial charge in [0.05, 0.1) is 10.5 Å². The van der Waals surface area contributed by atoms with Gasteiger partial charge in [0, 0.05) is 0 Å². The maximum atomic E-state index is 12.1. The van der Waals surface area contributed by atoms with E-state index in [4.69, 9.17) is 9.52 Å². The molecular weight excluding hydrogens is 268 g/mol. The number of rotatable bonds is 4. The molecule has 19 heavy (non-hydrogen) atoms. The number of hydrogen-bond acceptors (Lipinski definition) is 4. The maximum Gasteiger partial charge on any atom is 0.338 e. The van der Waals surface area contributed by atoms with Gasteiger partial charge < -0.3 is 9.52 Å². The highest BCUT2D eigenvalue weighted by molar-refractivity contribution is 7.90. The third-order valence-electron chi connectivity index (χ3n) is 2.61. The Morgan fingerprint density at radius 1 is 1.26 bits per heavy atom. The zero-order valence-electron chi connectivity index (χ0n) is 10.2. The lowest BCUT2D eigenvalue weighted by atomic mass is 10.2. The van der Waals surface area contributed by atoms with Crippen LogP contribution in [-0.4, -0.2) is 19.5 Å². The van der Waals surface area contributed by atoms with Gasteiger partial charge in [-0.15, -0.1) is 0 Å². The summed E-state index contributed by atoms with van der Waals surface area (Å²) in [5.41, 5.74) is 0.902. The number of sulfone groups is 1. The van der Waals surface area contributed by atoms with Crippen molar-refractivity contribution in [3.63, 3.8) is 0 Å². The fourth-order valence-electron chi connectivity index (χ4n) is 1.58. The van der Waals surface area contributed by atoms with Gasteiger partial charge >= 0.3 is 5.97 Å². The van der Waals surface area contributed by atoms with E-state index in [-0.39, 0.29) is 22.0 Å². The average molecular weight is 280 g/mol. The first-order chi connectivity index (χ1) is 8.88. The van der Waals surface area contributed by atoms with Gasteiger partial charge in [-0.05, 0) is 25.1 Å². The Kier molecular flexibility index (Phi) is 3.44. The van der Waals surface area contributed by atoms with Crippen molar-refractivity contribution < 1.29 is 22.7 Å². The van der Waals surface area contributed by atoms with Crippen LogP contribution in [0.1, 0.15) is 21.7 Å². The summed E-state index contributed by atoms with van der Waals surface area (Å²) in [4.78, 5) is 10.9. The van der Waals surface area contributed by atoms with Crippen LogP contribution < -0.4 is 0 Å². The lowest BCUT2D eigenvalue weighted by Gasteiger charge is -2.02. The summed E-state index contributed by atoms with van der Waals surface area (Å²) in [6.45, 7) is 1.86. The molecule has 5 nitrogen and oxygen atoms in total. The highest BCUT2D eigenvalue weighted by atomic mass is 32.2. The zero-order chi connectivity index (χ0) is 14.0. The van der Waals surface area contributed by atoms with Crippen LogP contribution in [0, 0.1) is 6.92 Å². The summed E-state index contributed by atoms with van der Waals surface area (Å²) in [5, 5.41) is 8.73. The van der Waals surface area contributed by atoms with E-state index in [2.05, 4.69) is 0 Å². The molecule has 0 aliphatic carbocycles. The van der Waals surface area contributed by atoms with Gasteiger partial charge in [-0.25, -0.2) is 13.2 Å². The minimum absolute atomic E-state index is 0.0610. The van der Waals surface area contributed by atoms with E-state index in [9.17, 15) is 13.2 Å². The smallest absolute Gasteiger partial charge is 0.338 e. The Morgan fingerprint density at radius 2 is 1.89 bits per heavy atom. The maximum absolute atomic E-state index is 12.1. The van der Waals surface area contributed by atoms with Gasteiger partial charge in [0.25, 0.3) is 0 Å². The summed E-state index contributed by atoms with van der Waals surface area (Å²) in [6, 6.07) is 7.67. The predicted octanol–water partition coefficient (Wildman–Crippen LogP) is 2.26. The van der Waals surface area contributed by atoms with Gasteiger partial charge in [0.1, 0.15) is 17.8 Å². The number of furan rings is 1. The van der Waals surface area contributed by atoms with E-state index in [0.29, 0.717) is 0 Å². The number of aryl methyl sites for hydroxylation is 1. The molecule has 0 radical (unpaired) electrons. The number of carboxylic acid groups (broad SMARTS) is 1. The molecule has 0 spiro atoms. The van der Waals surface area contributed by atoms with E-state index in [1.807, 2.05) is 6.92 Å². The Balaban J connectivity index is 2.25. The quantitative estimate of drug-likeness (QED) is 0.928. The molecule has 0 atom stereocenters. The molecular formula is C13H12O5S. The minimum Gasteiger partial charge on any atom is -0.478 e. The number of aromatic carboxylic acids is 1. The van der Waals surface area contributed by atoms with E-state index in [1.54, 1.807) is 12.1 Å². The van der Waals surface area contributed by atoms with Crippen molar-refractivity contribution in [1.29, 1.82) is 0 Å². The Labute approximate surface area is 110 Å². The molecule has 6 heteroatoms. The van der Waals surface area contributed by atoms with Crippen molar-refractivity contribution in [3.8, 4) is 0 Å². The molecule has 0 saturated carbocycles. The third-order valence-corrected chi connectivity index (χ3v) is 4.27. The summed E-state index contributed by atoms with van der Waals surface area (Å²) in [6.07, 6.45) is 1.03. The van der Waals surface area contributed by atoms with E-state index in [1.165, 1.54) is 18.2 Å². The summed E-state index contributed by atoms with van der Waals surface area (Å²) in [7, 11) is -3.53. The molecule has 1 heterocycles. The van der Waals surface area contributed by atoms with Gasteiger partial charge in [0.15, 0.2) is 9.84 Å². The average Bonchev–Trinajstić information content (AvgIpc) is 2.77. The van der Waals surface area contributed by atoms with Crippen LogP contribution in [0.15, 0.2) is 45.9 Å². The molecule has 0 bridgehead atoms. The monoisotopic (exact) mass is 280 g/mol. The molecule has 0 saturated heterocycles. The number of hydrogen-bond donors (Lipinski definition) is 1. The first kappa shape index (κ1) is 13.4. The van der Waals surface area contributed by atoms with Crippen LogP contribution in [0.2, 0.25) is 0 Å². The second-order valence-electron chi connectivity index (χ2n) is 4.18. The van der Waals surface area contributed by atoms with E-state index in [0.717, 1.165) is 11.8 Å². The van der Waals surface area contributed by atoms with Crippen LogP contribution in [0.5, 0.6) is 0 Å². The van der Waals surface area contributed by atoms with Crippen molar-refractivity contribution in [2.24, 2.45) is 0 Å². The zero-order valence-corrected chi connectivity index (χ0v) is 11.0. The second-order valence-corrected chi connectivity index (χ2v) is 6.17. The fourth-order valence-corrected chi connectivity index (χ4v) is 2.83. The normalized spacial score (nSPS) is 11.4. The van der Waals surface area contributed by atoms with E-state index < -0.39 is 15.8 Å². The minimum atomic E-state index is -3.53. The predicted molar refractivity (Wildman–Crippen MR) is 67.7 cm³/mol. The molecule has 0 amide bonds. The van der Waals surface area contributed by atoms with Crippen molar-refractivity contribution in [1.82, 2.24) is 0 Å². The van der Waals surface area contributed by atoms with Crippen molar-refractivity contribution in [2.45, 2.75) is 17.6 Å². The highest BCUT2D eigenvalue weighted by Crippen LogP contribution is 2.18. The highest BCUT2D eigenvalue weighted by Gasteiger charge is 2.18. The fraction of sp³-hybridized carbons (Fsp3) is 0.154. The summed E-state index contributed by atoms with van der Waals surface area (Å²) in [5.74, 6) is -1.40. The molecule has 1 aromatic heterocycles. The lowest BCUT2D eigenvalue weighted by Crippen LogP contribution is -2.04. The number of carboxylic acids is 1. The van der Waals surface area contributed by atoms with Crippen LogP contribution in [0.3, 0.4) is 0 Å². The summed E-state index contributed by atoms with van der Waals surface area (Å²) >= 11 is 0. The Morgan fingerprint density at radius 3 is 2.42 bits per heavy atom. The largest absolute Gasteiger partial charge is 0.478 e. The first-order valence-electron chi connectivity index (χ1n) is 5.48. The molecule has 0 aliphatic rings. The molecule has 0 aliphatic heterocycles. The van der Waals surface area contributed by atoms with Gasteiger partial charge in [-0.3, -0.25) is 0 Å². The molecule has 1 aromatic carbocycles. The molecule has 2 aromatic rings.